The normalized spacial score (nSPS) is 17.4. The number of sulfonamides is 1. The fraction of sp³-hybridized carbons (Fsp3) is 0.750. The van der Waals surface area contributed by atoms with Gasteiger partial charge in [-0.15, -0.1) is 0 Å². The lowest BCUT2D eigenvalue weighted by atomic mass is 10.1. The molecule has 2 rings (SSSR count). The second-order valence-corrected chi connectivity index (χ2v) is 6.58. The van der Waals surface area contributed by atoms with Gasteiger partial charge in [0.1, 0.15) is 0 Å². The van der Waals surface area contributed by atoms with Crippen LogP contribution in [0.1, 0.15) is 19.3 Å². The van der Waals surface area contributed by atoms with Crippen LogP contribution in [0, 0.1) is 0 Å². The average molecular weight is 302 g/mol. The van der Waals surface area contributed by atoms with Crippen molar-refractivity contribution in [3.05, 3.63) is 12.3 Å². The summed E-state index contributed by atoms with van der Waals surface area (Å²) in [6.07, 6.45) is 4.50. The summed E-state index contributed by atoms with van der Waals surface area (Å²) in [5, 5.41) is 7.31. The van der Waals surface area contributed by atoms with Gasteiger partial charge in [0, 0.05) is 20.2 Å². The van der Waals surface area contributed by atoms with E-state index >= 15 is 0 Å². The summed E-state index contributed by atoms with van der Waals surface area (Å²) in [5.41, 5.74) is 0. The molecule has 20 heavy (non-hydrogen) atoms. The van der Waals surface area contributed by atoms with E-state index < -0.39 is 10.0 Å². The van der Waals surface area contributed by atoms with Gasteiger partial charge in [-0.3, -0.25) is 4.68 Å². The molecule has 0 unspecified atom stereocenters. The van der Waals surface area contributed by atoms with Crippen LogP contribution in [0.3, 0.4) is 0 Å². The molecule has 1 aliphatic heterocycles. The van der Waals surface area contributed by atoms with Gasteiger partial charge in [0.05, 0.1) is 12.3 Å². The zero-order valence-electron chi connectivity index (χ0n) is 11.7. The molecule has 114 valence electrons. The van der Waals surface area contributed by atoms with Gasteiger partial charge in [-0.1, -0.05) is 0 Å². The van der Waals surface area contributed by atoms with Crippen molar-refractivity contribution in [1.29, 1.82) is 0 Å². The van der Waals surface area contributed by atoms with Gasteiger partial charge < -0.3 is 10.1 Å². The van der Waals surface area contributed by atoms with E-state index in [1.807, 2.05) is 0 Å². The monoisotopic (exact) mass is 302 g/mol. The Morgan fingerprint density at radius 3 is 2.90 bits per heavy atom. The van der Waals surface area contributed by atoms with Gasteiger partial charge in [0.25, 0.3) is 10.0 Å². The fourth-order valence-corrected chi connectivity index (χ4v) is 3.39. The smallest absolute Gasteiger partial charge is 0.257 e. The fourth-order valence-electron chi connectivity index (χ4n) is 2.19. The quantitative estimate of drug-likeness (QED) is 0.685. The van der Waals surface area contributed by atoms with Crippen molar-refractivity contribution < 1.29 is 13.2 Å². The van der Waals surface area contributed by atoms with Crippen molar-refractivity contribution in [3.63, 3.8) is 0 Å². The standard InChI is InChI=1S/C12H22N4O3S/c1-16-12(5-9-14-16)20(17,18)15-6-2-10-19-11-3-7-13-8-4-11/h5,9,11,13,15H,2-4,6-8,10H2,1H3. The molecule has 0 aliphatic carbocycles. The first-order valence-corrected chi connectivity index (χ1v) is 8.38. The zero-order valence-corrected chi connectivity index (χ0v) is 12.5. The number of aryl methyl sites for hydroxylation is 1. The second-order valence-electron chi connectivity index (χ2n) is 4.86. The molecular formula is C12H22N4O3S. The molecule has 1 aromatic rings. The minimum Gasteiger partial charge on any atom is -0.378 e. The van der Waals surface area contributed by atoms with Crippen LogP contribution in [0.5, 0.6) is 0 Å². The summed E-state index contributed by atoms with van der Waals surface area (Å²) in [4.78, 5) is 0. The van der Waals surface area contributed by atoms with E-state index in [9.17, 15) is 8.42 Å². The second kappa shape index (κ2) is 7.16. The Balaban J connectivity index is 1.66. The third-order valence-electron chi connectivity index (χ3n) is 3.30. The van der Waals surface area contributed by atoms with Gasteiger partial charge in [0.2, 0.25) is 0 Å². The van der Waals surface area contributed by atoms with Crippen LogP contribution in [-0.2, 0) is 21.8 Å². The first-order valence-electron chi connectivity index (χ1n) is 6.89. The molecule has 2 N–H and O–H groups in total. The topological polar surface area (TPSA) is 85.2 Å². The molecule has 0 bridgehead atoms. The molecule has 0 amide bonds. The summed E-state index contributed by atoms with van der Waals surface area (Å²) in [7, 11) is -1.86. The Hall–Kier alpha value is -0.960. The lowest BCUT2D eigenvalue weighted by Gasteiger charge is -2.22. The summed E-state index contributed by atoms with van der Waals surface area (Å²) in [6.45, 7) is 2.95. The van der Waals surface area contributed by atoms with E-state index in [1.165, 1.54) is 16.9 Å². The first kappa shape index (κ1) is 15.4. The number of ether oxygens (including phenoxy) is 1. The third-order valence-corrected chi connectivity index (χ3v) is 4.84. The number of nitrogens with zero attached hydrogens (tertiary/aromatic N) is 2. The number of rotatable bonds is 7. The maximum atomic E-state index is 12.0. The number of nitrogens with one attached hydrogen (secondary N) is 2. The lowest BCUT2D eigenvalue weighted by Crippen LogP contribution is -2.33. The van der Waals surface area contributed by atoms with Crippen molar-refractivity contribution in [3.8, 4) is 0 Å². The van der Waals surface area contributed by atoms with Gasteiger partial charge in [-0.2, -0.15) is 5.10 Å². The molecule has 0 aromatic carbocycles. The van der Waals surface area contributed by atoms with Gasteiger partial charge in [-0.25, -0.2) is 13.1 Å². The highest BCUT2D eigenvalue weighted by atomic mass is 32.2. The van der Waals surface area contributed by atoms with E-state index in [-0.39, 0.29) is 5.03 Å². The molecule has 7 nitrogen and oxygen atoms in total. The number of hydrogen-bond donors (Lipinski definition) is 2. The largest absolute Gasteiger partial charge is 0.378 e. The van der Waals surface area contributed by atoms with Crippen LogP contribution in [0.2, 0.25) is 0 Å². The maximum Gasteiger partial charge on any atom is 0.257 e. The highest BCUT2D eigenvalue weighted by Gasteiger charge is 2.17. The van der Waals surface area contributed by atoms with Crippen LogP contribution in [0.25, 0.3) is 0 Å². The summed E-state index contributed by atoms with van der Waals surface area (Å²) < 4.78 is 33.5. The molecule has 0 saturated carbocycles. The number of aromatic nitrogens is 2. The molecule has 1 aromatic heterocycles. The molecule has 0 spiro atoms. The molecule has 8 heteroatoms. The van der Waals surface area contributed by atoms with Crippen LogP contribution in [0.15, 0.2) is 17.3 Å². The van der Waals surface area contributed by atoms with Gasteiger partial charge in [0.15, 0.2) is 5.03 Å². The Labute approximate surface area is 119 Å². The van der Waals surface area contributed by atoms with Crippen molar-refractivity contribution in [2.75, 3.05) is 26.2 Å². The minimum absolute atomic E-state index is 0.178. The summed E-state index contributed by atoms with van der Waals surface area (Å²) in [5.74, 6) is 0. The van der Waals surface area contributed by atoms with Crippen molar-refractivity contribution in [2.45, 2.75) is 30.4 Å². The lowest BCUT2D eigenvalue weighted by molar-refractivity contribution is 0.0322. The highest BCUT2D eigenvalue weighted by molar-refractivity contribution is 7.89. The van der Waals surface area contributed by atoms with E-state index in [1.54, 1.807) is 7.05 Å². The number of piperidine rings is 1. The minimum atomic E-state index is -3.47. The van der Waals surface area contributed by atoms with Crippen LogP contribution in [-0.4, -0.2) is 50.5 Å². The van der Waals surface area contributed by atoms with E-state index in [2.05, 4.69) is 15.1 Å². The van der Waals surface area contributed by atoms with Crippen LogP contribution < -0.4 is 10.0 Å². The van der Waals surface area contributed by atoms with Crippen molar-refractivity contribution >= 4 is 10.0 Å². The van der Waals surface area contributed by atoms with E-state index in [4.69, 9.17) is 4.74 Å². The van der Waals surface area contributed by atoms with E-state index in [0.717, 1.165) is 25.9 Å². The van der Waals surface area contributed by atoms with Crippen molar-refractivity contribution in [2.24, 2.45) is 7.05 Å². The average Bonchev–Trinajstić information content (AvgIpc) is 2.86. The summed E-state index contributed by atoms with van der Waals surface area (Å²) in [6, 6.07) is 1.48. The highest BCUT2D eigenvalue weighted by Crippen LogP contribution is 2.08. The van der Waals surface area contributed by atoms with E-state index in [0.29, 0.717) is 25.7 Å². The predicted molar refractivity (Wildman–Crippen MR) is 74.9 cm³/mol. The summed E-state index contributed by atoms with van der Waals surface area (Å²) >= 11 is 0. The molecule has 1 aliphatic rings. The Kier molecular flexibility index (Phi) is 5.53. The Bertz CT molecular complexity index is 509. The Morgan fingerprint density at radius 2 is 2.25 bits per heavy atom. The van der Waals surface area contributed by atoms with Crippen LogP contribution >= 0.6 is 0 Å². The van der Waals surface area contributed by atoms with Crippen LogP contribution in [0.4, 0.5) is 0 Å². The SMILES string of the molecule is Cn1nccc1S(=O)(=O)NCCCOC1CCNCC1. The third kappa shape index (κ3) is 4.27. The molecule has 0 radical (unpaired) electrons. The maximum absolute atomic E-state index is 12.0. The molecular weight excluding hydrogens is 280 g/mol. The predicted octanol–water partition coefficient (Wildman–Crippen LogP) is -0.143. The first-order chi connectivity index (χ1) is 9.59. The van der Waals surface area contributed by atoms with Gasteiger partial charge >= 0.3 is 0 Å². The Morgan fingerprint density at radius 1 is 1.50 bits per heavy atom. The molecule has 1 saturated heterocycles. The molecule has 2 heterocycles. The number of hydrogen-bond acceptors (Lipinski definition) is 5. The zero-order chi connectivity index (χ0) is 14.4. The molecule has 0 atom stereocenters. The molecule has 1 fully saturated rings. The van der Waals surface area contributed by atoms with Gasteiger partial charge in [-0.05, 0) is 38.4 Å². The van der Waals surface area contributed by atoms with Crippen molar-refractivity contribution in [1.82, 2.24) is 19.8 Å².